The zero-order valence-corrected chi connectivity index (χ0v) is 19.7. The number of methoxy groups -OCH3 is 2. The van der Waals surface area contributed by atoms with Crippen molar-refractivity contribution >= 4 is 23.2 Å². The third-order valence-corrected chi connectivity index (χ3v) is 7.22. The van der Waals surface area contributed by atoms with Gasteiger partial charge in [-0.3, -0.25) is 9.59 Å². The zero-order valence-electron chi connectivity index (χ0n) is 18.8. The van der Waals surface area contributed by atoms with Gasteiger partial charge in [-0.25, -0.2) is 0 Å². The molecule has 2 saturated carbocycles. The first kappa shape index (κ1) is 22.6. The van der Waals surface area contributed by atoms with E-state index in [9.17, 15) is 9.59 Å². The fraction of sp³-hybridized carbons (Fsp3) is 0.520. The largest absolute Gasteiger partial charge is 0.497 e. The highest BCUT2D eigenvalue weighted by atomic mass is 32.1. The quantitative estimate of drug-likeness (QED) is 0.604. The van der Waals surface area contributed by atoms with E-state index in [1.54, 1.807) is 31.6 Å². The van der Waals surface area contributed by atoms with E-state index in [0.717, 1.165) is 43.4 Å². The fourth-order valence-corrected chi connectivity index (χ4v) is 5.25. The van der Waals surface area contributed by atoms with Crippen LogP contribution in [-0.2, 0) is 16.0 Å². The highest BCUT2D eigenvalue weighted by Gasteiger charge is 2.42. The van der Waals surface area contributed by atoms with Crippen LogP contribution in [0.4, 0.5) is 0 Å². The summed E-state index contributed by atoms with van der Waals surface area (Å²) in [5.41, 5.74) is 0.702. The first-order valence-corrected chi connectivity index (χ1v) is 12.3. The van der Waals surface area contributed by atoms with Crippen LogP contribution >= 0.6 is 11.3 Å². The Morgan fingerprint density at radius 3 is 2.50 bits per heavy atom. The normalized spacial score (nSPS) is 17.4. The predicted octanol–water partition coefficient (Wildman–Crippen LogP) is 4.49. The summed E-state index contributed by atoms with van der Waals surface area (Å²) in [5.74, 6) is 1.08. The molecule has 6 nitrogen and oxygen atoms in total. The van der Waals surface area contributed by atoms with Crippen molar-refractivity contribution in [2.24, 2.45) is 0 Å². The maximum Gasteiger partial charge on any atom is 0.247 e. The molecule has 1 aromatic heterocycles. The van der Waals surface area contributed by atoms with Crippen LogP contribution in [0.2, 0.25) is 0 Å². The third-order valence-electron chi connectivity index (χ3n) is 6.35. The molecule has 0 radical (unpaired) electrons. The standard InChI is InChI=1S/C25H32N2O4S/c1-30-19-12-13-21(22(15-19)31-2)24(25(29)26-17-7-4-3-5-8-17)27(18-10-11-18)23(28)16-20-9-6-14-32-20/h6,9,12-15,17-18,24H,3-5,7-8,10-11,16H2,1-2H3,(H,26,29). The van der Waals surface area contributed by atoms with Crippen molar-refractivity contribution in [3.63, 3.8) is 0 Å². The number of thiophene rings is 1. The molecular weight excluding hydrogens is 424 g/mol. The molecule has 1 aromatic carbocycles. The third kappa shape index (κ3) is 5.26. The summed E-state index contributed by atoms with van der Waals surface area (Å²) in [7, 11) is 3.19. The highest BCUT2D eigenvalue weighted by molar-refractivity contribution is 7.10. The van der Waals surface area contributed by atoms with Gasteiger partial charge in [0.15, 0.2) is 0 Å². The molecule has 1 heterocycles. The molecule has 0 saturated heterocycles. The maximum absolute atomic E-state index is 13.7. The van der Waals surface area contributed by atoms with E-state index >= 15 is 0 Å². The second-order valence-corrected chi connectivity index (χ2v) is 9.67. The number of nitrogens with one attached hydrogen (secondary N) is 1. The van der Waals surface area contributed by atoms with Crippen LogP contribution in [0.25, 0.3) is 0 Å². The van der Waals surface area contributed by atoms with Crippen molar-refractivity contribution in [1.82, 2.24) is 10.2 Å². The zero-order chi connectivity index (χ0) is 22.5. The maximum atomic E-state index is 13.7. The SMILES string of the molecule is COc1ccc(C(C(=O)NC2CCCCC2)N(C(=O)Cc2cccs2)C2CC2)c(OC)c1. The summed E-state index contributed by atoms with van der Waals surface area (Å²) in [6.07, 6.45) is 7.60. The van der Waals surface area contributed by atoms with Gasteiger partial charge in [0, 0.05) is 28.6 Å². The molecule has 0 bridgehead atoms. The Bertz CT molecular complexity index is 920. The summed E-state index contributed by atoms with van der Waals surface area (Å²) in [6.45, 7) is 0. The molecule has 4 rings (SSSR count). The van der Waals surface area contributed by atoms with Gasteiger partial charge in [-0.05, 0) is 49.3 Å². The Kier molecular flexibility index (Phi) is 7.35. The molecule has 2 aromatic rings. The Labute approximate surface area is 193 Å². The van der Waals surface area contributed by atoms with Gasteiger partial charge in [0.25, 0.3) is 0 Å². The number of hydrogen-bond donors (Lipinski definition) is 1. The van der Waals surface area contributed by atoms with Gasteiger partial charge in [-0.2, -0.15) is 0 Å². The minimum Gasteiger partial charge on any atom is -0.497 e. The molecule has 32 heavy (non-hydrogen) atoms. The van der Waals surface area contributed by atoms with Gasteiger partial charge < -0.3 is 19.7 Å². The van der Waals surface area contributed by atoms with Gasteiger partial charge >= 0.3 is 0 Å². The van der Waals surface area contributed by atoms with E-state index in [2.05, 4.69) is 5.32 Å². The minimum atomic E-state index is -0.724. The lowest BCUT2D eigenvalue weighted by atomic mass is 9.94. The summed E-state index contributed by atoms with van der Waals surface area (Å²) in [4.78, 5) is 30.1. The number of nitrogens with zero attached hydrogens (tertiary/aromatic N) is 1. The molecule has 1 N–H and O–H groups in total. The van der Waals surface area contributed by atoms with Crippen molar-refractivity contribution < 1.29 is 19.1 Å². The fourth-order valence-electron chi connectivity index (χ4n) is 4.55. The van der Waals surface area contributed by atoms with Gasteiger partial charge in [-0.1, -0.05) is 25.3 Å². The molecule has 2 aliphatic rings. The van der Waals surface area contributed by atoms with Crippen LogP contribution < -0.4 is 14.8 Å². The molecule has 2 fully saturated rings. The number of carbonyl (C=O) groups is 2. The van der Waals surface area contributed by atoms with E-state index in [4.69, 9.17) is 9.47 Å². The lowest BCUT2D eigenvalue weighted by molar-refractivity contribution is -0.141. The number of amides is 2. The number of benzene rings is 1. The molecule has 1 unspecified atom stereocenters. The number of ether oxygens (including phenoxy) is 2. The molecule has 2 amide bonds. The topological polar surface area (TPSA) is 67.9 Å². The van der Waals surface area contributed by atoms with Crippen molar-refractivity contribution in [2.45, 2.75) is 69.5 Å². The number of rotatable bonds is 9. The molecule has 0 spiro atoms. The van der Waals surface area contributed by atoms with Crippen LogP contribution in [0, 0.1) is 0 Å². The van der Waals surface area contributed by atoms with Crippen LogP contribution in [0.3, 0.4) is 0 Å². The summed E-state index contributed by atoms with van der Waals surface area (Å²) < 4.78 is 11.0. The van der Waals surface area contributed by atoms with Crippen molar-refractivity contribution in [1.29, 1.82) is 0 Å². The monoisotopic (exact) mass is 456 g/mol. The van der Waals surface area contributed by atoms with E-state index in [-0.39, 0.29) is 23.9 Å². The average molecular weight is 457 g/mol. The van der Waals surface area contributed by atoms with Crippen molar-refractivity contribution in [2.75, 3.05) is 14.2 Å². The van der Waals surface area contributed by atoms with Crippen molar-refractivity contribution in [3.05, 3.63) is 46.2 Å². The van der Waals surface area contributed by atoms with Gasteiger partial charge in [0.05, 0.1) is 20.6 Å². The smallest absolute Gasteiger partial charge is 0.247 e. The van der Waals surface area contributed by atoms with E-state index in [1.807, 2.05) is 34.5 Å². The Morgan fingerprint density at radius 1 is 1.09 bits per heavy atom. The molecule has 1 atom stereocenters. The van der Waals surface area contributed by atoms with Crippen LogP contribution in [0.1, 0.15) is 61.4 Å². The summed E-state index contributed by atoms with van der Waals surface area (Å²) in [5, 5.41) is 5.23. The molecule has 7 heteroatoms. The summed E-state index contributed by atoms with van der Waals surface area (Å²) >= 11 is 1.57. The molecule has 0 aliphatic heterocycles. The lowest BCUT2D eigenvalue weighted by Gasteiger charge is -2.34. The lowest BCUT2D eigenvalue weighted by Crippen LogP contribution is -2.48. The number of hydrogen-bond acceptors (Lipinski definition) is 5. The van der Waals surface area contributed by atoms with E-state index < -0.39 is 6.04 Å². The van der Waals surface area contributed by atoms with Crippen LogP contribution in [0.15, 0.2) is 35.7 Å². The number of carbonyl (C=O) groups excluding carboxylic acids is 2. The second-order valence-electron chi connectivity index (χ2n) is 8.64. The van der Waals surface area contributed by atoms with Crippen LogP contribution in [-0.4, -0.2) is 43.0 Å². The first-order chi connectivity index (χ1) is 15.6. The molecular formula is C25H32N2O4S. The molecule has 172 valence electrons. The molecule has 2 aliphatic carbocycles. The van der Waals surface area contributed by atoms with E-state index in [0.29, 0.717) is 23.5 Å². The average Bonchev–Trinajstić information content (AvgIpc) is 3.52. The summed E-state index contributed by atoms with van der Waals surface area (Å²) in [6, 6.07) is 8.91. The van der Waals surface area contributed by atoms with Crippen LogP contribution in [0.5, 0.6) is 11.5 Å². The van der Waals surface area contributed by atoms with Gasteiger partial charge in [0.2, 0.25) is 11.8 Å². The highest BCUT2D eigenvalue weighted by Crippen LogP contribution is 2.40. The minimum absolute atomic E-state index is 0.0170. The van der Waals surface area contributed by atoms with Gasteiger partial charge in [0.1, 0.15) is 17.5 Å². The Hall–Kier alpha value is -2.54. The van der Waals surface area contributed by atoms with E-state index in [1.165, 1.54) is 6.42 Å². The van der Waals surface area contributed by atoms with Gasteiger partial charge in [-0.15, -0.1) is 11.3 Å². The first-order valence-electron chi connectivity index (χ1n) is 11.5. The second kappa shape index (κ2) is 10.4. The Balaban J connectivity index is 1.68. The predicted molar refractivity (Wildman–Crippen MR) is 125 cm³/mol. The van der Waals surface area contributed by atoms with Crippen molar-refractivity contribution in [3.8, 4) is 11.5 Å². The Morgan fingerprint density at radius 2 is 1.88 bits per heavy atom.